The number of rotatable bonds is 8. The van der Waals surface area contributed by atoms with Crippen molar-refractivity contribution in [2.24, 2.45) is 0 Å². The van der Waals surface area contributed by atoms with Gasteiger partial charge in [-0.25, -0.2) is 9.97 Å². The van der Waals surface area contributed by atoms with Crippen molar-refractivity contribution < 1.29 is 29.3 Å². The van der Waals surface area contributed by atoms with Crippen LogP contribution in [0.5, 0.6) is 11.5 Å². The molecule has 2 saturated carbocycles. The first-order chi connectivity index (χ1) is 29.2. The summed E-state index contributed by atoms with van der Waals surface area (Å²) >= 11 is 0. The standard InChI is InChI=1S/2C21H22N6O3/c2*1-30-18-10-17-13(12-26(25-17)14-4-2-5-15(28)9-14)8-16(18)21(29)24-20-11-22-19-6-3-7-23-27(19)20/h2*3,6-8,10-12,14-15,28H,2,4-5,9H2,1H3,(H,24,29)/t2*14-,15+/m00/s1. The Morgan fingerprint density at radius 1 is 0.667 bits per heavy atom. The van der Waals surface area contributed by atoms with Gasteiger partial charge in [0.05, 0.1) is 73.1 Å². The number of hydrogen-bond donors (Lipinski definition) is 4. The Bertz CT molecular complexity index is 2650. The molecule has 4 N–H and O–H groups in total. The lowest BCUT2D eigenvalue weighted by Gasteiger charge is -2.25. The SMILES string of the molecule is COc1cc2nn([C@H]3CCC[C@@H](O)C3)cc2cc1C(=O)Nc1cnc2cccnn12.COc1cc2nn([C@H]3CCC[C@@H](O)C3)cc2cc1C(=O)Nc1cnc2cccnn12. The first-order valence-corrected chi connectivity index (χ1v) is 19.9. The summed E-state index contributed by atoms with van der Waals surface area (Å²) in [6.07, 6.45) is 16.7. The zero-order chi connectivity index (χ0) is 41.3. The largest absolute Gasteiger partial charge is 0.496 e. The van der Waals surface area contributed by atoms with Crippen molar-refractivity contribution in [3.63, 3.8) is 0 Å². The average Bonchev–Trinajstić information content (AvgIpc) is 4.08. The second-order valence-electron chi connectivity index (χ2n) is 15.2. The molecular weight excluding hydrogens is 769 g/mol. The third-order valence-electron chi connectivity index (χ3n) is 11.2. The van der Waals surface area contributed by atoms with Gasteiger partial charge in [-0.05, 0) is 87.8 Å². The van der Waals surface area contributed by atoms with Gasteiger partial charge in [-0.3, -0.25) is 19.0 Å². The van der Waals surface area contributed by atoms with Crippen molar-refractivity contribution in [2.45, 2.75) is 75.7 Å². The van der Waals surface area contributed by atoms with Gasteiger partial charge in [-0.15, -0.1) is 0 Å². The molecule has 0 saturated heterocycles. The van der Waals surface area contributed by atoms with Gasteiger partial charge in [0.1, 0.15) is 11.5 Å². The number of nitrogens with zero attached hydrogens (tertiary/aromatic N) is 10. The number of nitrogens with one attached hydrogen (secondary N) is 2. The van der Waals surface area contributed by atoms with Crippen molar-refractivity contribution in [2.75, 3.05) is 24.9 Å². The maximum absolute atomic E-state index is 13.0. The first-order valence-electron chi connectivity index (χ1n) is 19.9. The van der Waals surface area contributed by atoms with Gasteiger partial charge < -0.3 is 30.3 Å². The normalized spacial score (nSPS) is 19.3. The van der Waals surface area contributed by atoms with E-state index in [1.165, 1.54) is 14.2 Å². The number of ether oxygens (including phenoxy) is 2. The molecule has 6 aromatic heterocycles. The summed E-state index contributed by atoms with van der Waals surface area (Å²) in [5.41, 5.74) is 3.59. The summed E-state index contributed by atoms with van der Waals surface area (Å²) in [6.45, 7) is 0. The molecule has 4 atom stereocenters. The number of aliphatic hydroxyl groups is 2. The van der Waals surface area contributed by atoms with Gasteiger partial charge in [0.25, 0.3) is 11.8 Å². The number of aromatic nitrogens is 10. The molecule has 60 heavy (non-hydrogen) atoms. The molecule has 0 bridgehead atoms. The van der Waals surface area contributed by atoms with Crippen LogP contribution in [0.3, 0.4) is 0 Å². The Morgan fingerprint density at radius 3 is 1.53 bits per heavy atom. The van der Waals surface area contributed by atoms with E-state index in [-0.39, 0.29) is 36.1 Å². The average molecular weight is 813 g/mol. The van der Waals surface area contributed by atoms with E-state index in [1.807, 2.05) is 33.9 Å². The van der Waals surface area contributed by atoms with Crippen molar-refractivity contribution >= 4 is 56.6 Å². The van der Waals surface area contributed by atoms with Crippen LogP contribution < -0.4 is 20.1 Å². The minimum absolute atomic E-state index is 0.161. The summed E-state index contributed by atoms with van der Waals surface area (Å²) < 4.78 is 17.9. The quantitative estimate of drug-likeness (QED) is 0.147. The van der Waals surface area contributed by atoms with E-state index >= 15 is 0 Å². The van der Waals surface area contributed by atoms with Crippen molar-refractivity contribution in [3.8, 4) is 11.5 Å². The van der Waals surface area contributed by atoms with E-state index in [1.54, 1.807) is 70.2 Å². The molecule has 0 unspecified atom stereocenters. The lowest BCUT2D eigenvalue weighted by molar-refractivity contribution is 0.100. The number of hydrogen-bond acceptors (Lipinski definition) is 12. The van der Waals surface area contributed by atoms with Crippen LogP contribution in [0.15, 0.2) is 85.7 Å². The van der Waals surface area contributed by atoms with E-state index in [9.17, 15) is 19.8 Å². The van der Waals surface area contributed by atoms with Crippen molar-refractivity contribution in [1.82, 2.24) is 48.8 Å². The Kier molecular flexibility index (Phi) is 10.5. The lowest BCUT2D eigenvalue weighted by atomic mass is 9.93. The highest BCUT2D eigenvalue weighted by atomic mass is 16.5. The van der Waals surface area contributed by atoms with Gasteiger partial charge in [0, 0.05) is 47.7 Å². The van der Waals surface area contributed by atoms with Gasteiger partial charge in [0.15, 0.2) is 22.9 Å². The van der Waals surface area contributed by atoms with E-state index in [2.05, 4.69) is 41.0 Å². The number of aliphatic hydroxyl groups excluding tert-OH is 2. The summed E-state index contributed by atoms with van der Waals surface area (Å²) in [6, 6.07) is 14.6. The third-order valence-corrected chi connectivity index (χ3v) is 11.2. The molecule has 0 spiro atoms. The molecule has 0 radical (unpaired) electrons. The smallest absolute Gasteiger partial charge is 0.260 e. The third kappa shape index (κ3) is 7.69. The van der Waals surface area contributed by atoms with Crippen LogP contribution in [0.1, 0.15) is 84.2 Å². The van der Waals surface area contributed by atoms with Crippen LogP contribution in [0.2, 0.25) is 0 Å². The number of methoxy groups -OCH3 is 2. The molecule has 18 heteroatoms. The second-order valence-corrected chi connectivity index (χ2v) is 15.2. The highest BCUT2D eigenvalue weighted by Gasteiger charge is 2.25. The van der Waals surface area contributed by atoms with E-state index in [0.29, 0.717) is 58.4 Å². The maximum Gasteiger partial charge on any atom is 0.260 e. The minimum atomic E-state index is -0.318. The summed E-state index contributed by atoms with van der Waals surface area (Å²) in [5, 5.41) is 45.1. The van der Waals surface area contributed by atoms with Crippen LogP contribution >= 0.6 is 0 Å². The Balaban J connectivity index is 0.000000154. The molecule has 6 heterocycles. The number of imidazole rings is 2. The predicted octanol–water partition coefficient (Wildman–Crippen LogP) is 5.63. The highest BCUT2D eigenvalue weighted by molar-refractivity contribution is 6.09. The first kappa shape index (κ1) is 38.6. The molecule has 0 aliphatic heterocycles. The van der Waals surface area contributed by atoms with Gasteiger partial charge >= 0.3 is 0 Å². The van der Waals surface area contributed by atoms with Crippen LogP contribution in [-0.2, 0) is 0 Å². The van der Waals surface area contributed by atoms with Crippen LogP contribution in [0, 0.1) is 0 Å². The number of benzene rings is 2. The Labute approximate surface area is 342 Å². The molecule has 10 rings (SSSR count). The fraction of sp³-hybridized carbons (Fsp3) is 0.333. The monoisotopic (exact) mass is 812 g/mol. The van der Waals surface area contributed by atoms with E-state index < -0.39 is 0 Å². The Morgan fingerprint density at radius 2 is 1.12 bits per heavy atom. The molecule has 308 valence electrons. The zero-order valence-electron chi connectivity index (χ0n) is 33.0. The molecule has 2 aliphatic carbocycles. The van der Waals surface area contributed by atoms with Crippen molar-refractivity contribution in [1.29, 1.82) is 0 Å². The maximum atomic E-state index is 13.0. The number of carbonyl (C=O) groups excluding carboxylic acids is 2. The van der Waals surface area contributed by atoms with Gasteiger partial charge in [0.2, 0.25) is 0 Å². The fourth-order valence-electron chi connectivity index (χ4n) is 8.16. The van der Waals surface area contributed by atoms with E-state index in [0.717, 1.165) is 60.3 Å². The number of anilines is 2. The van der Waals surface area contributed by atoms with Crippen molar-refractivity contribution in [3.05, 3.63) is 96.8 Å². The lowest BCUT2D eigenvalue weighted by Crippen LogP contribution is -2.22. The molecule has 2 aromatic carbocycles. The Hall–Kier alpha value is -6.92. The summed E-state index contributed by atoms with van der Waals surface area (Å²) in [4.78, 5) is 34.5. The van der Waals surface area contributed by atoms with Crippen LogP contribution in [0.25, 0.3) is 33.1 Å². The fourth-order valence-corrected chi connectivity index (χ4v) is 8.16. The number of carbonyl (C=O) groups is 2. The highest BCUT2D eigenvalue weighted by Crippen LogP contribution is 2.33. The van der Waals surface area contributed by atoms with Crippen LogP contribution in [-0.4, -0.2) is 97.2 Å². The number of fused-ring (bicyclic) bond motifs is 4. The number of amides is 2. The van der Waals surface area contributed by atoms with Gasteiger partial charge in [-0.2, -0.15) is 29.4 Å². The predicted molar refractivity (Wildman–Crippen MR) is 221 cm³/mol. The zero-order valence-corrected chi connectivity index (χ0v) is 33.0. The van der Waals surface area contributed by atoms with Crippen LogP contribution in [0.4, 0.5) is 11.6 Å². The topological polar surface area (TPSA) is 213 Å². The molecule has 18 nitrogen and oxygen atoms in total. The molecule has 2 fully saturated rings. The molecule has 8 aromatic rings. The summed E-state index contributed by atoms with van der Waals surface area (Å²) in [7, 11) is 3.06. The minimum Gasteiger partial charge on any atom is -0.496 e. The second kappa shape index (κ2) is 16.4. The van der Waals surface area contributed by atoms with Gasteiger partial charge in [-0.1, -0.05) is 0 Å². The molecular formula is C42H44N12O6. The van der Waals surface area contributed by atoms with E-state index in [4.69, 9.17) is 9.47 Å². The molecule has 2 amide bonds. The molecule has 2 aliphatic rings. The summed E-state index contributed by atoms with van der Waals surface area (Å²) in [5.74, 6) is 1.20.